The molecule has 0 bridgehead atoms. The molecule has 0 aliphatic carbocycles. The molecule has 2 rings (SSSR count). The minimum atomic E-state index is -0.0267. The van der Waals surface area contributed by atoms with Crippen LogP contribution in [0.5, 0.6) is 0 Å². The molecule has 1 aliphatic heterocycles. The predicted molar refractivity (Wildman–Crippen MR) is 85.8 cm³/mol. The van der Waals surface area contributed by atoms with Crippen molar-refractivity contribution in [2.45, 2.75) is 32.2 Å². The van der Waals surface area contributed by atoms with E-state index in [1.165, 1.54) is 5.56 Å². The number of likely N-dealkylation sites (tertiary alicyclic amines) is 1. The Labute approximate surface area is 128 Å². The van der Waals surface area contributed by atoms with Crippen molar-refractivity contribution in [2.75, 3.05) is 25.0 Å². The molecule has 0 spiro atoms. The molecule has 0 radical (unpaired) electrons. The summed E-state index contributed by atoms with van der Waals surface area (Å²) in [4.78, 5) is 14.1. The second-order valence-electron chi connectivity index (χ2n) is 5.35. The first-order chi connectivity index (χ1) is 9.60. The number of aryl methyl sites for hydroxylation is 1. The molecular formula is C15H22BrN3O. The summed E-state index contributed by atoms with van der Waals surface area (Å²) in [5, 5.41) is 3.37. The van der Waals surface area contributed by atoms with Gasteiger partial charge in [-0.05, 0) is 53.4 Å². The Morgan fingerprint density at radius 2 is 2.15 bits per heavy atom. The van der Waals surface area contributed by atoms with E-state index in [1.54, 1.807) is 0 Å². The van der Waals surface area contributed by atoms with Crippen molar-refractivity contribution >= 4 is 27.5 Å². The highest BCUT2D eigenvalue weighted by atomic mass is 79.9. The first kappa shape index (κ1) is 15.3. The Bertz CT molecular complexity index is 472. The Morgan fingerprint density at radius 3 is 2.80 bits per heavy atom. The molecule has 1 saturated heterocycles. The maximum atomic E-state index is 12.2. The third-order valence-electron chi connectivity index (χ3n) is 3.65. The summed E-state index contributed by atoms with van der Waals surface area (Å²) in [7, 11) is 0. The molecule has 5 heteroatoms. The van der Waals surface area contributed by atoms with Crippen LogP contribution < -0.4 is 11.1 Å². The van der Waals surface area contributed by atoms with E-state index in [4.69, 9.17) is 5.73 Å². The van der Waals surface area contributed by atoms with E-state index in [0.29, 0.717) is 13.0 Å². The third-order valence-corrected chi connectivity index (χ3v) is 4.34. The maximum Gasteiger partial charge on any atom is 0.224 e. The lowest BCUT2D eigenvalue weighted by atomic mass is 10.1. The number of halogens is 1. The zero-order valence-corrected chi connectivity index (χ0v) is 13.4. The smallest absolute Gasteiger partial charge is 0.224 e. The van der Waals surface area contributed by atoms with Crippen molar-refractivity contribution < 1.29 is 4.79 Å². The van der Waals surface area contributed by atoms with Crippen molar-refractivity contribution in [3.05, 3.63) is 28.2 Å². The van der Waals surface area contributed by atoms with Crippen molar-refractivity contribution in [1.82, 2.24) is 4.90 Å². The molecular weight excluding hydrogens is 318 g/mol. The molecule has 0 aromatic heterocycles. The van der Waals surface area contributed by atoms with Crippen molar-refractivity contribution in [3.8, 4) is 0 Å². The normalized spacial score (nSPS) is 16.2. The highest BCUT2D eigenvalue weighted by Gasteiger charge is 2.21. The van der Waals surface area contributed by atoms with Gasteiger partial charge in [0, 0.05) is 42.3 Å². The number of carbonyl (C=O) groups excluding carboxylic acids is 1. The highest BCUT2D eigenvalue weighted by molar-refractivity contribution is 9.10. The van der Waals surface area contributed by atoms with Crippen LogP contribution in [0.2, 0.25) is 0 Å². The number of nitrogens with two attached hydrogens (primary N) is 1. The Morgan fingerprint density at radius 1 is 1.45 bits per heavy atom. The predicted octanol–water partition coefficient (Wildman–Crippen LogP) is 2.51. The lowest BCUT2D eigenvalue weighted by Crippen LogP contribution is -2.37. The number of nitrogens with zero attached hydrogens (tertiary/aromatic N) is 1. The van der Waals surface area contributed by atoms with Gasteiger partial charge in [-0.1, -0.05) is 6.07 Å². The molecule has 1 aromatic carbocycles. The second-order valence-corrected chi connectivity index (χ2v) is 6.21. The lowest BCUT2D eigenvalue weighted by Gasteiger charge is -2.22. The fraction of sp³-hybridized carbons (Fsp3) is 0.533. The molecule has 3 N–H and O–H groups in total. The minimum absolute atomic E-state index is 0.0267. The van der Waals surface area contributed by atoms with E-state index >= 15 is 0 Å². The van der Waals surface area contributed by atoms with Gasteiger partial charge >= 0.3 is 0 Å². The van der Waals surface area contributed by atoms with Crippen LogP contribution in [-0.2, 0) is 4.79 Å². The summed E-state index contributed by atoms with van der Waals surface area (Å²) in [6.45, 7) is 4.28. The number of nitrogens with one attached hydrogen (secondary N) is 1. The number of benzene rings is 1. The number of carbonyl (C=O) groups is 1. The van der Waals surface area contributed by atoms with Gasteiger partial charge in [0.25, 0.3) is 0 Å². The Kier molecular flexibility index (Phi) is 5.43. The fourth-order valence-electron chi connectivity index (χ4n) is 2.47. The summed E-state index contributed by atoms with van der Waals surface area (Å²) in [6, 6.07) is 6.09. The molecule has 4 nitrogen and oxygen atoms in total. The van der Waals surface area contributed by atoms with Crippen LogP contribution in [0.4, 0.5) is 5.69 Å². The van der Waals surface area contributed by atoms with Gasteiger partial charge < -0.3 is 16.0 Å². The topological polar surface area (TPSA) is 58.4 Å². The first-order valence-electron chi connectivity index (χ1n) is 7.10. The lowest BCUT2D eigenvalue weighted by molar-refractivity contribution is -0.130. The zero-order valence-electron chi connectivity index (χ0n) is 11.9. The number of hydrogen-bond donors (Lipinski definition) is 2. The second kappa shape index (κ2) is 7.09. The summed E-state index contributed by atoms with van der Waals surface area (Å²) in [5.41, 5.74) is 7.98. The van der Waals surface area contributed by atoms with E-state index in [0.717, 1.165) is 36.1 Å². The summed E-state index contributed by atoms with van der Waals surface area (Å²) in [6.07, 6.45) is 2.70. The third kappa shape index (κ3) is 3.96. The molecule has 1 heterocycles. The number of hydrogen-bond acceptors (Lipinski definition) is 3. The number of amides is 1. The van der Waals surface area contributed by atoms with Gasteiger partial charge in [0.1, 0.15) is 0 Å². The minimum Gasteiger partial charge on any atom is -0.380 e. The van der Waals surface area contributed by atoms with Crippen LogP contribution in [0.25, 0.3) is 0 Å². The SMILES string of the molecule is Cc1ccc(Br)c(NC(CN)CC(=O)N2CCCC2)c1. The van der Waals surface area contributed by atoms with Gasteiger partial charge in [0.2, 0.25) is 5.91 Å². The average Bonchev–Trinajstić information content (AvgIpc) is 2.96. The molecule has 1 unspecified atom stereocenters. The van der Waals surface area contributed by atoms with Crippen LogP contribution in [0.3, 0.4) is 0 Å². The van der Waals surface area contributed by atoms with Crippen LogP contribution in [0.15, 0.2) is 22.7 Å². The van der Waals surface area contributed by atoms with Gasteiger partial charge in [-0.2, -0.15) is 0 Å². The highest BCUT2D eigenvalue weighted by Crippen LogP contribution is 2.24. The number of rotatable bonds is 5. The number of anilines is 1. The van der Waals surface area contributed by atoms with Gasteiger partial charge in [-0.25, -0.2) is 0 Å². The summed E-state index contributed by atoms with van der Waals surface area (Å²) in [5.74, 6) is 0.203. The Hall–Kier alpha value is -1.07. The van der Waals surface area contributed by atoms with E-state index in [1.807, 2.05) is 24.0 Å². The standard InChI is InChI=1S/C15H22BrN3O/c1-11-4-5-13(16)14(8-11)18-12(10-17)9-15(20)19-6-2-3-7-19/h4-5,8,12,18H,2-3,6-7,9-10,17H2,1H3. The van der Waals surface area contributed by atoms with E-state index < -0.39 is 0 Å². The monoisotopic (exact) mass is 339 g/mol. The van der Waals surface area contributed by atoms with Crippen LogP contribution >= 0.6 is 15.9 Å². The van der Waals surface area contributed by atoms with Crippen LogP contribution in [0.1, 0.15) is 24.8 Å². The Balaban J connectivity index is 1.97. The summed E-state index contributed by atoms with van der Waals surface area (Å²) >= 11 is 3.52. The molecule has 110 valence electrons. The van der Waals surface area contributed by atoms with Crippen LogP contribution in [-0.4, -0.2) is 36.5 Å². The average molecular weight is 340 g/mol. The summed E-state index contributed by atoms with van der Waals surface area (Å²) < 4.78 is 0.996. The van der Waals surface area contributed by atoms with Crippen LogP contribution in [0, 0.1) is 6.92 Å². The van der Waals surface area contributed by atoms with Crippen molar-refractivity contribution in [3.63, 3.8) is 0 Å². The van der Waals surface area contributed by atoms with E-state index in [9.17, 15) is 4.79 Å². The molecule has 20 heavy (non-hydrogen) atoms. The molecule has 0 saturated carbocycles. The molecule has 1 atom stereocenters. The van der Waals surface area contributed by atoms with E-state index in [2.05, 4.69) is 27.3 Å². The van der Waals surface area contributed by atoms with E-state index in [-0.39, 0.29) is 11.9 Å². The maximum absolute atomic E-state index is 12.2. The largest absolute Gasteiger partial charge is 0.380 e. The van der Waals surface area contributed by atoms with Crippen molar-refractivity contribution in [2.24, 2.45) is 5.73 Å². The van der Waals surface area contributed by atoms with Gasteiger partial charge in [0.05, 0.1) is 0 Å². The van der Waals surface area contributed by atoms with Gasteiger partial charge in [0.15, 0.2) is 0 Å². The first-order valence-corrected chi connectivity index (χ1v) is 7.90. The fourth-order valence-corrected chi connectivity index (χ4v) is 2.83. The molecule has 1 aliphatic rings. The quantitative estimate of drug-likeness (QED) is 0.866. The zero-order chi connectivity index (χ0) is 14.5. The molecule has 1 amide bonds. The van der Waals surface area contributed by atoms with Gasteiger partial charge in [-0.15, -0.1) is 0 Å². The molecule has 1 fully saturated rings. The molecule has 1 aromatic rings. The van der Waals surface area contributed by atoms with Gasteiger partial charge in [-0.3, -0.25) is 4.79 Å². The van der Waals surface area contributed by atoms with Crippen molar-refractivity contribution in [1.29, 1.82) is 0 Å².